The van der Waals surface area contributed by atoms with Crippen LogP contribution in [0, 0.1) is 0 Å². The summed E-state index contributed by atoms with van der Waals surface area (Å²) < 4.78 is 28.4. The van der Waals surface area contributed by atoms with Gasteiger partial charge in [-0.1, -0.05) is 56.1 Å². The van der Waals surface area contributed by atoms with E-state index in [-0.39, 0.29) is 10.9 Å². The van der Waals surface area contributed by atoms with E-state index in [1.54, 1.807) is 24.3 Å². The molecular weight excluding hydrogens is 418 g/mol. The Morgan fingerprint density at radius 2 is 1.62 bits per heavy atom. The first-order valence-corrected chi connectivity index (χ1v) is 9.75. The van der Waals surface area contributed by atoms with E-state index in [1.165, 1.54) is 0 Å². The predicted octanol–water partition coefficient (Wildman–Crippen LogP) is 4.38. The zero-order valence-corrected chi connectivity index (χ0v) is 15.4. The van der Waals surface area contributed by atoms with Crippen molar-refractivity contribution in [3.8, 4) is 0 Å². The molecule has 2 aromatic rings. The minimum absolute atomic E-state index is 0.274. The fourth-order valence-electron chi connectivity index (χ4n) is 1.88. The lowest BCUT2D eigenvalue weighted by Gasteiger charge is -2.15. The summed E-state index contributed by atoms with van der Waals surface area (Å²) >= 11 is 6.70. The Balaban J connectivity index is 2.17. The highest BCUT2D eigenvalue weighted by molar-refractivity contribution is 9.10. The van der Waals surface area contributed by atoms with Crippen molar-refractivity contribution in [1.29, 1.82) is 0 Å². The van der Waals surface area contributed by atoms with E-state index in [1.807, 2.05) is 31.2 Å². The van der Waals surface area contributed by atoms with Crippen LogP contribution in [0.15, 0.2) is 57.9 Å². The Kier molecular flexibility index (Phi) is 5.60. The highest BCUT2D eigenvalue weighted by Crippen LogP contribution is 2.20. The molecule has 0 aliphatic rings. The lowest BCUT2D eigenvalue weighted by molar-refractivity contribution is 0.567. The van der Waals surface area contributed by atoms with Gasteiger partial charge < -0.3 is 0 Å². The minimum atomic E-state index is -3.52. The normalized spacial score (nSPS) is 13.1. The monoisotopic (exact) mass is 431 g/mol. The first-order chi connectivity index (χ1) is 9.92. The SMILES string of the molecule is C[C@@H](NS(=O)(=O)c1ccc(CBr)cc1)c1ccc(Br)cc1. The van der Waals surface area contributed by atoms with Crippen molar-refractivity contribution in [3.05, 3.63) is 64.1 Å². The van der Waals surface area contributed by atoms with Crippen LogP contribution in [0.25, 0.3) is 0 Å². The fraction of sp³-hybridized carbons (Fsp3) is 0.200. The maximum absolute atomic E-state index is 12.4. The molecule has 0 bridgehead atoms. The molecule has 2 aromatic carbocycles. The second kappa shape index (κ2) is 7.05. The average Bonchev–Trinajstić information content (AvgIpc) is 2.47. The molecule has 3 nitrogen and oxygen atoms in total. The summed E-state index contributed by atoms with van der Waals surface area (Å²) in [6, 6.07) is 14.1. The van der Waals surface area contributed by atoms with Gasteiger partial charge in [-0.15, -0.1) is 0 Å². The van der Waals surface area contributed by atoms with Gasteiger partial charge in [0.1, 0.15) is 0 Å². The van der Waals surface area contributed by atoms with Crippen molar-refractivity contribution in [2.45, 2.75) is 23.2 Å². The van der Waals surface area contributed by atoms with Crippen LogP contribution in [0.1, 0.15) is 24.1 Å². The molecule has 0 spiro atoms. The van der Waals surface area contributed by atoms with E-state index in [9.17, 15) is 8.42 Å². The standard InChI is InChI=1S/C15H15Br2NO2S/c1-11(13-4-6-14(17)7-5-13)18-21(19,20)15-8-2-12(10-16)3-9-15/h2-9,11,18H,10H2,1H3/t11-/m1/s1. The minimum Gasteiger partial charge on any atom is -0.207 e. The van der Waals surface area contributed by atoms with Gasteiger partial charge in [0.15, 0.2) is 0 Å². The number of rotatable bonds is 5. The Bertz CT molecular complexity index is 697. The van der Waals surface area contributed by atoms with Crippen LogP contribution in [0.2, 0.25) is 0 Å². The molecule has 0 aromatic heterocycles. The van der Waals surface area contributed by atoms with Gasteiger partial charge >= 0.3 is 0 Å². The summed E-state index contributed by atoms with van der Waals surface area (Å²) in [6.07, 6.45) is 0. The van der Waals surface area contributed by atoms with Gasteiger partial charge in [-0.2, -0.15) is 0 Å². The molecule has 21 heavy (non-hydrogen) atoms. The summed E-state index contributed by atoms with van der Waals surface area (Å²) in [7, 11) is -3.52. The van der Waals surface area contributed by atoms with Gasteiger partial charge in [0.05, 0.1) is 4.90 Å². The third kappa shape index (κ3) is 4.39. The molecule has 0 saturated heterocycles. The van der Waals surface area contributed by atoms with Crippen LogP contribution in [0.3, 0.4) is 0 Å². The van der Waals surface area contributed by atoms with Crippen LogP contribution in [-0.4, -0.2) is 8.42 Å². The highest BCUT2D eigenvalue weighted by atomic mass is 79.9. The molecule has 0 radical (unpaired) electrons. The Morgan fingerprint density at radius 3 is 2.14 bits per heavy atom. The summed E-state index contributed by atoms with van der Waals surface area (Å²) in [5.74, 6) is 0. The summed E-state index contributed by atoms with van der Waals surface area (Å²) in [5.41, 5.74) is 1.95. The first-order valence-electron chi connectivity index (χ1n) is 6.35. The van der Waals surface area contributed by atoms with Gasteiger partial charge in [0.25, 0.3) is 0 Å². The summed E-state index contributed by atoms with van der Waals surface area (Å²) in [5, 5.41) is 0.704. The third-order valence-corrected chi connectivity index (χ3v) is 5.82. The fourth-order valence-corrected chi connectivity index (χ4v) is 3.75. The molecule has 0 unspecified atom stereocenters. The van der Waals surface area contributed by atoms with E-state index in [0.29, 0.717) is 5.33 Å². The van der Waals surface area contributed by atoms with E-state index in [0.717, 1.165) is 15.6 Å². The maximum atomic E-state index is 12.4. The number of nitrogens with one attached hydrogen (secondary N) is 1. The molecule has 0 fully saturated rings. The third-order valence-electron chi connectivity index (χ3n) is 3.09. The average molecular weight is 433 g/mol. The lowest BCUT2D eigenvalue weighted by atomic mass is 10.1. The van der Waals surface area contributed by atoms with Crippen molar-refractivity contribution in [1.82, 2.24) is 4.72 Å². The summed E-state index contributed by atoms with van der Waals surface area (Å²) in [4.78, 5) is 0.274. The lowest BCUT2D eigenvalue weighted by Crippen LogP contribution is -2.26. The molecule has 112 valence electrons. The van der Waals surface area contributed by atoms with Crippen molar-refractivity contribution < 1.29 is 8.42 Å². The smallest absolute Gasteiger partial charge is 0.207 e. The van der Waals surface area contributed by atoms with Crippen molar-refractivity contribution >= 4 is 41.9 Å². The molecule has 0 heterocycles. The van der Waals surface area contributed by atoms with Crippen LogP contribution in [0.4, 0.5) is 0 Å². The van der Waals surface area contributed by atoms with E-state index >= 15 is 0 Å². The van der Waals surface area contributed by atoms with Gasteiger partial charge in [0, 0.05) is 15.8 Å². The Labute approximate surface area is 142 Å². The molecule has 6 heteroatoms. The van der Waals surface area contributed by atoms with Gasteiger partial charge in [-0.25, -0.2) is 13.1 Å². The quantitative estimate of drug-likeness (QED) is 0.712. The van der Waals surface area contributed by atoms with E-state index in [4.69, 9.17) is 0 Å². The van der Waals surface area contributed by atoms with Crippen molar-refractivity contribution in [3.63, 3.8) is 0 Å². The largest absolute Gasteiger partial charge is 0.241 e. The van der Waals surface area contributed by atoms with Crippen LogP contribution in [-0.2, 0) is 15.4 Å². The van der Waals surface area contributed by atoms with Crippen LogP contribution >= 0.6 is 31.9 Å². The predicted molar refractivity (Wildman–Crippen MR) is 92.0 cm³/mol. The molecule has 0 aliphatic heterocycles. The molecule has 1 atom stereocenters. The van der Waals surface area contributed by atoms with E-state index < -0.39 is 10.0 Å². The second-order valence-electron chi connectivity index (χ2n) is 4.67. The van der Waals surface area contributed by atoms with Crippen molar-refractivity contribution in [2.75, 3.05) is 0 Å². The molecular formula is C15H15Br2NO2S. The van der Waals surface area contributed by atoms with E-state index in [2.05, 4.69) is 36.6 Å². The second-order valence-corrected chi connectivity index (χ2v) is 7.86. The number of benzene rings is 2. The number of sulfonamides is 1. The summed E-state index contributed by atoms with van der Waals surface area (Å²) in [6.45, 7) is 1.83. The van der Waals surface area contributed by atoms with Gasteiger partial charge in [-0.05, 0) is 42.3 Å². The van der Waals surface area contributed by atoms with Crippen molar-refractivity contribution in [2.24, 2.45) is 0 Å². The molecule has 0 amide bonds. The molecule has 1 N–H and O–H groups in total. The molecule has 0 aliphatic carbocycles. The Morgan fingerprint density at radius 1 is 1.05 bits per heavy atom. The number of hydrogen-bond donors (Lipinski definition) is 1. The topological polar surface area (TPSA) is 46.2 Å². The first kappa shape index (κ1) is 16.7. The van der Waals surface area contributed by atoms with Gasteiger partial charge in [0.2, 0.25) is 10.0 Å². The van der Waals surface area contributed by atoms with Gasteiger partial charge in [-0.3, -0.25) is 0 Å². The number of halogens is 2. The number of alkyl halides is 1. The van der Waals surface area contributed by atoms with Crippen LogP contribution < -0.4 is 4.72 Å². The van der Waals surface area contributed by atoms with Crippen LogP contribution in [0.5, 0.6) is 0 Å². The number of hydrogen-bond acceptors (Lipinski definition) is 2. The highest BCUT2D eigenvalue weighted by Gasteiger charge is 2.18. The maximum Gasteiger partial charge on any atom is 0.241 e. The zero-order chi connectivity index (χ0) is 15.5. The Hall–Kier alpha value is -0.690. The molecule has 0 saturated carbocycles. The molecule has 2 rings (SSSR count). The zero-order valence-electron chi connectivity index (χ0n) is 11.4.